The Morgan fingerprint density at radius 1 is 1.12 bits per heavy atom. The van der Waals surface area contributed by atoms with Gasteiger partial charge in [-0.15, -0.1) is 0 Å². The van der Waals surface area contributed by atoms with Crippen LogP contribution in [0.2, 0.25) is 0 Å². The quantitative estimate of drug-likeness (QED) is 0.716. The van der Waals surface area contributed by atoms with Crippen molar-refractivity contribution >= 4 is 5.69 Å². The summed E-state index contributed by atoms with van der Waals surface area (Å²) in [6.45, 7) is 3.23. The maximum Gasteiger partial charge on any atom is 0.146 e. The Morgan fingerprint density at radius 2 is 1.96 bits per heavy atom. The number of rotatable bonds is 4. The van der Waals surface area contributed by atoms with E-state index in [1.807, 2.05) is 31.2 Å². The molecule has 0 atom stereocenters. The van der Waals surface area contributed by atoms with E-state index in [-0.39, 0.29) is 11.6 Å². The van der Waals surface area contributed by atoms with E-state index in [4.69, 9.17) is 0 Å². The standard InChI is InChI=1S/C22H25F2N/c1-2-17-7-8-18-14-25(11-10-19(18)22(17)24)21-13-16(6-9-20(21)23)12-15-4-3-5-15/h6-9,13,15H,2-5,10-12,14H2,1H3. The van der Waals surface area contributed by atoms with Crippen LogP contribution in [0.3, 0.4) is 0 Å². The van der Waals surface area contributed by atoms with Gasteiger partial charge in [0, 0.05) is 13.1 Å². The minimum atomic E-state index is -0.175. The molecule has 0 spiro atoms. The molecular weight excluding hydrogens is 316 g/mol. The van der Waals surface area contributed by atoms with Crippen LogP contribution in [0.25, 0.3) is 0 Å². The molecule has 0 saturated heterocycles. The summed E-state index contributed by atoms with van der Waals surface area (Å²) in [4.78, 5) is 2.06. The molecule has 132 valence electrons. The molecular formula is C22H25F2N. The van der Waals surface area contributed by atoms with Crippen molar-refractivity contribution < 1.29 is 8.78 Å². The number of aryl methyl sites for hydroxylation is 1. The Balaban J connectivity index is 1.58. The zero-order valence-electron chi connectivity index (χ0n) is 14.8. The average molecular weight is 341 g/mol. The van der Waals surface area contributed by atoms with E-state index in [0.717, 1.165) is 29.0 Å². The monoisotopic (exact) mass is 341 g/mol. The van der Waals surface area contributed by atoms with Crippen molar-refractivity contribution in [1.82, 2.24) is 0 Å². The van der Waals surface area contributed by atoms with Gasteiger partial charge in [-0.25, -0.2) is 8.78 Å². The molecule has 1 aliphatic carbocycles. The SMILES string of the molecule is CCc1ccc2c(c1F)CCN(c1cc(CC3CCC3)ccc1F)C2. The van der Waals surface area contributed by atoms with Gasteiger partial charge in [-0.1, -0.05) is 44.4 Å². The minimum absolute atomic E-state index is 0.0566. The summed E-state index contributed by atoms with van der Waals surface area (Å²) in [7, 11) is 0. The zero-order chi connectivity index (χ0) is 17.4. The first kappa shape index (κ1) is 16.6. The topological polar surface area (TPSA) is 3.24 Å². The fourth-order valence-electron chi connectivity index (χ4n) is 4.10. The summed E-state index contributed by atoms with van der Waals surface area (Å²) in [5.74, 6) is 0.535. The molecule has 1 heterocycles. The van der Waals surface area contributed by atoms with Crippen LogP contribution < -0.4 is 4.90 Å². The van der Waals surface area contributed by atoms with E-state index >= 15 is 0 Å². The van der Waals surface area contributed by atoms with Gasteiger partial charge in [0.2, 0.25) is 0 Å². The number of fused-ring (bicyclic) bond motifs is 1. The molecule has 2 aliphatic rings. The molecule has 1 nitrogen and oxygen atoms in total. The molecule has 0 bridgehead atoms. The highest BCUT2D eigenvalue weighted by Gasteiger charge is 2.24. The lowest BCUT2D eigenvalue weighted by Crippen LogP contribution is -2.32. The largest absolute Gasteiger partial charge is 0.364 e. The summed E-state index contributed by atoms with van der Waals surface area (Å²) in [6.07, 6.45) is 6.31. The first-order valence-electron chi connectivity index (χ1n) is 9.48. The smallest absolute Gasteiger partial charge is 0.146 e. The van der Waals surface area contributed by atoms with Crippen molar-refractivity contribution in [2.75, 3.05) is 11.4 Å². The highest BCUT2D eigenvalue weighted by molar-refractivity contribution is 5.53. The normalized spacial score (nSPS) is 17.3. The molecule has 0 unspecified atom stereocenters. The van der Waals surface area contributed by atoms with E-state index in [1.54, 1.807) is 6.07 Å². The van der Waals surface area contributed by atoms with E-state index in [9.17, 15) is 8.78 Å². The van der Waals surface area contributed by atoms with E-state index in [2.05, 4.69) is 4.90 Å². The zero-order valence-corrected chi connectivity index (χ0v) is 14.8. The van der Waals surface area contributed by atoms with Crippen LogP contribution in [0.1, 0.15) is 48.4 Å². The number of nitrogens with zero attached hydrogens (tertiary/aromatic N) is 1. The Bertz CT molecular complexity index is 780. The van der Waals surface area contributed by atoms with E-state index < -0.39 is 0 Å². The maximum absolute atomic E-state index is 14.5. The van der Waals surface area contributed by atoms with E-state index in [1.165, 1.54) is 24.8 Å². The molecule has 0 aromatic heterocycles. The predicted octanol–water partition coefficient (Wildman–Crippen LogP) is 5.43. The first-order valence-corrected chi connectivity index (χ1v) is 9.48. The molecule has 1 saturated carbocycles. The minimum Gasteiger partial charge on any atom is -0.364 e. The molecule has 2 aromatic rings. The van der Waals surface area contributed by atoms with Gasteiger partial charge in [-0.2, -0.15) is 0 Å². The van der Waals surface area contributed by atoms with Gasteiger partial charge in [0.1, 0.15) is 11.6 Å². The molecule has 4 rings (SSSR count). The number of hydrogen-bond acceptors (Lipinski definition) is 1. The second-order valence-electron chi connectivity index (χ2n) is 7.49. The van der Waals surface area contributed by atoms with Gasteiger partial charge in [-0.05, 0) is 59.6 Å². The van der Waals surface area contributed by atoms with Crippen molar-refractivity contribution in [3.63, 3.8) is 0 Å². The Hall–Kier alpha value is -1.90. The van der Waals surface area contributed by atoms with E-state index in [0.29, 0.717) is 31.6 Å². The summed E-state index contributed by atoms with van der Waals surface area (Å²) in [6, 6.07) is 9.41. The Morgan fingerprint density at radius 3 is 2.68 bits per heavy atom. The highest BCUT2D eigenvalue weighted by Crippen LogP contribution is 2.33. The van der Waals surface area contributed by atoms with Crippen molar-refractivity contribution in [2.45, 2.75) is 52.0 Å². The van der Waals surface area contributed by atoms with Crippen LogP contribution in [0.4, 0.5) is 14.5 Å². The van der Waals surface area contributed by atoms with Gasteiger partial charge in [-0.3, -0.25) is 0 Å². The van der Waals surface area contributed by atoms with Gasteiger partial charge in [0.15, 0.2) is 0 Å². The number of hydrogen-bond donors (Lipinski definition) is 0. The van der Waals surface area contributed by atoms with Crippen LogP contribution in [-0.2, 0) is 25.8 Å². The van der Waals surface area contributed by atoms with Crippen LogP contribution in [0, 0.1) is 17.6 Å². The maximum atomic E-state index is 14.5. The average Bonchev–Trinajstić information content (AvgIpc) is 2.59. The van der Waals surface area contributed by atoms with Crippen molar-refractivity contribution in [3.8, 4) is 0 Å². The first-order chi connectivity index (χ1) is 12.2. The van der Waals surface area contributed by atoms with Crippen molar-refractivity contribution in [3.05, 3.63) is 64.2 Å². The summed E-state index contributed by atoms with van der Waals surface area (Å²) in [5.41, 5.74) is 4.48. The summed E-state index contributed by atoms with van der Waals surface area (Å²) < 4.78 is 29.0. The summed E-state index contributed by atoms with van der Waals surface area (Å²) in [5, 5.41) is 0. The number of anilines is 1. The van der Waals surface area contributed by atoms with Gasteiger partial charge in [0.05, 0.1) is 5.69 Å². The molecule has 1 aliphatic heterocycles. The van der Waals surface area contributed by atoms with Crippen LogP contribution >= 0.6 is 0 Å². The lowest BCUT2D eigenvalue weighted by Gasteiger charge is -2.32. The predicted molar refractivity (Wildman–Crippen MR) is 98.0 cm³/mol. The Labute approximate surface area is 148 Å². The van der Waals surface area contributed by atoms with Gasteiger partial charge >= 0.3 is 0 Å². The third-order valence-electron chi connectivity index (χ3n) is 5.89. The summed E-state index contributed by atoms with van der Waals surface area (Å²) >= 11 is 0. The fourth-order valence-corrected chi connectivity index (χ4v) is 4.10. The second-order valence-corrected chi connectivity index (χ2v) is 7.49. The molecule has 0 N–H and O–H groups in total. The number of benzene rings is 2. The van der Waals surface area contributed by atoms with Crippen LogP contribution in [0.15, 0.2) is 30.3 Å². The van der Waals surface area contributed by atoms with Gasteiger partial charge < -0.3 is 4.90 Å². The lowest BCUT2D eigenvalue weighted by molar-refractivity contribution is 0.314. The second kappa shape index (κ2) is 6.78. The highest BCUT2D eigenvalue weighted by atomic mass is 19.1. The molecule has 2 aromatic carbocycles. The third kappa shape index (κ3) is 3.17. The van der Waals surface area contributed by atoms with Gasteiger partial charge in [0.25, 0.3) is 0 Å². The molecule has 0 amide bonds. The van der Waals surface area contributed by atoms with Crippen LogP contribution in [0.5, 0.6) is 0 Å². The van der Waals surface area contributed by atoms with Crippen LogP contribution in [-0.4, -0.2) is 6.54 Å². The molecule has 25 heavy (non-hydrogen) atoms. The molecule has 3 heteroatoms. The molecule has 1 fully saturated rings. The van der Waals surface area contributed by atoms with Crippen molar-refractivity contribution in [2.24, 2.45) is 5.92 Å². The fraction of sp³-hybridized carbons (Fsp3) is 0.455. The Kier molecular flexibility index (Phi) is 4.49. The van der Waals surface area contributed by atoms with Crippen molar-refractivity contribution in [1.29, 1.82) is 0 Å². The molecule has 0 radical (unpaired) electrons. The lowest BCUT2D eigenvalue weighted by atomic mass is 9.81. The number of halogens is 2. The third-order valence-corrected chi connectivity index (χ3v) is 5.89.